The third-order valence-electron chi connectivity index (χ3n) is 5.59. The Hall–Kier alpha value is -2.93. The summed E-state index contributed by atoms with van der Waals surface area (Å²) in [6.07, 6.45) is 3.30. The number of anilines is 1. The molecule has 2 aromatic heterocycles. The molecular formula is C23H26N4O2S. The van der Waals surface area contributed by atoms with E-state index in [2.05, 4.69) is 15.3 Å². The summed E-state index contributed by atoms with van der Waals surface area (Å²) in [7, 11) is 0. The molecule has 1 atom stereocenters. The lowest BCUT2D eigenvalue weighted by Gasteiger charge is -2.33. The second-order valence-corrected chi connectivity index (χ2v) is 8.68. The Bertz CT molecular complexity index is 1020. The molecule has 1 aliphatic rings. The van der Waals surface area contributed by atoms with Gasteiger partial charge in [-0.1, -0.05) is 36.4 Å². The average molecular weight is 423 g/mol. The summed E-state index contributed by atoms with van der Waals surface area (Å²) in [6.45, 7) is 3.98. The highest BCUT2D eigenvalue weighted by Crippen LogP contribution is 2.24. The second-order valence-electron chi connectivity index (χ2n) is 7.70. The van der Waals surface area contributed by atoms with Crippen molar-refractivity contribution in [2.24, 2.45) is 5.92 Å². The maximum Gasteiger partial charge on any atom is 0.269 e. The van der Waals surface area contributed by atoms with E-state index < -0.39 is 0 Å². The van der Waals surface area contributed by atoms with Crippen LogP contribution in [0.2, 0.25) is 0 Å². The van der Waals surface area contributed by atoms with Crippen molar-refractivity contribution in [3.8, 4) is 0 Å². The number of benzene rings is 1. The normalized spacial score (nSPS) is 15.7. The van der Waals surface area contributed by atoms with Gasteiger partial charge in [0.05, 0.1) is 24.5 Å². The zero-order chi connectivity index (χ0) is 20.9. The molecule has 1 fully saturated rings. The molecule has 156 valence electrons. The molecule has 0 aliphatic carbocycles. The molecule has 0 bridgehead atoms. The lowest BCUT2D eigenvalue weighted by Crippen LogP contribution is -2.41. The second kappa shape index (κ2) is 9.26. The van der Waals surface area contributed by atoms with Crippen molar-refractivity contribution in [1.82, 2.24) is 15.1 Å². The van der Waals surface area contributed by atoms with E-state index in [1.165, 1.54) is 9.56 Å². The summed E-state index contributed by atoms with van der Waals surface area (Å²) in [5.74, 6) is 0.127. The quantitative estimate of drug-likeness (QED) is 0.661. The number of rotatable bonds is 6. The first-order valence-corrected chi connectivity index (χ1v) is 11.2. The minimum absolute atomic E-state index is 0.00933. The van der Waals surface area contributed by atoms with Crippen LogP contribution >= 0.6 is 11.3 Å². The summed E-state index contributed by atoms with van der Waals surface area (Å²) in [5.41, 5.74) is 1.76. The van der Waals surface area contributed by atoms with Crippen LogP contribution in [0.5, 0.6) is 0 Å². The first kappa shape index (κ1) is 20.3. The van der Waals surface area contributed by atoms with Crippen LogP contribution in [0.25, 0.3) is 0 Å². The number of carbonyl (C=O) groups is 1. The molecule has 3 heterocycles. The van der Waals surface area contributed by atoms with E-state index in [-0.39, 0.29) is 23.4 Å². The highest BCUT2D eigenvalue weighted by atomic mass is 32.1. The van der Waals surface area contributed by atoms with Gasteiger partial charge in [-0.25, -0.2) is 4.68 Å². The van der Waals surface area contributed by atoms with E-state index in [9.17, 15) is 9.59 Å². The Kier molecular flexibility index (Phi) is 6.28. The summed E-state index contributed by atoms with van der Waals surface area (Å²) in [6, 6.07) is 15.6. The van der Waals surface area contributed by atoms with Crippen molar-refractivity contribution in [3.05, 3.63) is 80.9 Å². The van der Waals surface area contributed by atoms with Gasteiger partial charge in [-0.3, -0.25) is 9.59 Å². The molecular weight excluding hydrogens is 396 g/mol. The molecule has 7 heteroatoms. The molecule has 1 saturated heterocycles. The Morgan fingerprint density at radius 1 is 1.20 bits per heavy atom. The molecule has 0 saturated carbocycles. The van der Waals surface area contributed by atoms with Crippen LogP contribution in [0.3, 0.4) is 0 Å². The number of hydrogen-bond donors (Lipinski definition) is 1. The largest absolute Gasteiger partial charge is 0.370 e. The molecule has 30 heavy (non-hydrogen) atoms. The van der Waals surface area contributed by atoms with Gasteiger partial charge in [0.1, 0.15) is 0 Å². The van der Waals surface area contributed by atoms with Crippen molar-refractivity contribution in [1.29, 1.82) is 0 Å². The van der Waals surface area contributed by atoms with E-state index in [4.69, 9.17) is 0 Å². The lowest BCUT2D eigenvalue weighted by molar-refractivity contribution is -0.126. The number of nitrogens with zero attached hydrogens (tertiary/aromatic N) is 3. The zero-order valence-corrected chi connectivity index (χ0v) is 17.8. The number of carbonyl (C=O) groups excluding carboxylic acids is 1. The van der Waals surface area contributed by atoms with Crippen molar-refractivity contribution in [3.63, 3.8) is 0 Å². The lowest BCUT2D eigenvalue weighted by atomic mass is 9.95. The fourth-order valence-electron chi connectivity index (χ4n) is 3.81. The third-order valence-corrected chi connectivity index (χ3v) is 6.64. The number of amides is 1. The zero-order valence-electron chi connectivity index (χ0n) is 17.0. The standard InChI is InChI=1S/C23H26N4O2S/c1-17(21-8-5-13-30-21)25-23(29)19-9-11-26(12-10-19)20-14-22(28)27(24-15-20)16-18-6-3-2-4-7-18/h2-8,13-15,17,19H,9-12,16H2,1H3,(H,25,29)/t17-/m0/s1. The molecule has 4 rings (SSSR count). The van der Waals surface area contributed by atoms with Gasteiger partial charge < -0.3 is 10.2 Å². The molecule has 0 unspecified atom stereocenters. The minimum atomic E-state index is -0.110. The highest BCUT2D eigenvalue weighted by Gasteiger charge is 2.26. The molecule has 1 aromatic carbocycles. The van der Waals surface area contributed by atoms with Crippen molar-refractivity contribution in [2.75, 3.05) is 18.0 Å². The van der Waals surface area contributed by atoms with Crippen LogP contribution in [0.4, 0.5) is 5.69 Å². The predicted molar refractivity (Wildman–Crippen MR) is 120 cm³/mol. The SMILES string of the molecule is C[C@H](NC(=O)C1CCN(c2cnn(Cc3ccccc3)c(=O)c2)CC1)c1cccs1. The van der Waals surface area contributed by atoms with E-state index in [1.807, 2.05) is 54.8 Å². The summed E-state index contributed by atoms with van der Waals surface area (Å²) < 4.78 is 1.48. The minimum Gasteiger partial charge on any atom is -0.370 e. The van der Waals surface area contributed by atoms with Gasteiger partial charge in [0.25, 0.3) is 5.56 Å². The maximum atomic E-state index is 12.6. The Morgan fingerprint density at radius 2 is 1.97 bits per heavy atom. The highest BCUT2D eigenvalue weighted by molar-refractivity contribution is 7.10. The Balaban J connectivity index is 1.33. The number of nitrogens with one attached hydrogen (secondary N) is 1. The van der Waals surface area contributed by atoms with Crippen molar-refractivity contribution < 1.29 is 4.79 Å². The van der Waals surface area contributed by atoms with Crippen LogP contribution in [0.1, 0.15) is 36.2 Å². The summed E-state index contributed by atoms with van der Waals surface area (Å²) >= 11 is 1.66. The van der Waals surface area contributed by atoms with E-state index >= 15 is 0 Å². The van der Waals surface area contributed by atoms with Crippen LogP contribution in [0.15, 0.2) is 64.9 Å². The molecule has 0 radical (unpaired) electrons. The molecule has 3 aromatic rings. The Labute approximate surface area is 180 Å². The fraction of sp³-hybridized carbons (Fsp3) is 0.348. The molecule has 1 aliphatic heterocycles. The predicted octanol–water partition coefficient (Wildman–Crippen LogP) is 3.45. The van der Waals surface area contributed by atoms with Gasteiger partial charge in [-0.05, 0) is 36.8 Å². The third kappa shape index (κ3) is 4.79. The van der Waals surface area contributed by atoms with Crippen LogP contribution in [-0.2, 0) is 11.3 Å². The maximum absolute atomic E-state index is 12.6. The van der Waals surface area contributed by atoms with Gasteiger partial charge in [0.15, 0.2) is 0 Å². The summed E-state index contributed by atoms with van der Waals surface area (Å²) in [4.78, 5) is 28.4. The number of hydrogen-bond acceptors (Lipinski definition) is 5. The molecule has 1 amide bonds. The first-order valence-electron chi connectivity index (χ1n) is 10.3. The summed E-state index contributed by atoms with van der Waals surface area (Å²) in [5, 5.41) is 9.51. The topological polar surface area (TPSA) is 67.2 Å². The van der Waals surface area contributed by atoms with Gasteiger partial charge in [-0.2, -0.15) is 5.10 Å². The monoisotopic (exact) mass is 422 g/mol. The van der Waals surface area contributed by atoms with Gasteiger partial charge in [0.2, 0.25) is 5.91 Å². The molecule has 1 N–H and O–H groups in total. The van der Waals surface area contributed by atoms with E-state index in [1.54, 1.807) is 23.6 Å². The number of aromatic nitrogens is 2. The number of thiophene rings is 1. The van der Waals surface area contributed by atoms with Crippen LogP contribution in [0, 0.1) is 5.92 Å². The van der Waals surface area contributed by atoms with Crippen LogP contribution < -0.4 is 15.8 Å². The average Bonchev–Trinajstić information content (AvgIpc) is 3.31. The van der Waals surface area contributed by atoms with Gasteiger partial charge in [0, 0.05) is 30.0 Å². The van der Waals surface area contributed by atoms with Crippen molar-refractivity contribution in [2.45, 2.75) is 32.4 Å². The fourth-order valence-corrected chi connectivity index (χ4v) is 4.55. The van der Waals surface area contributed by atoms with Crippen LogP contribution in [-0.4, -0.2) is 28.8 Å². The molecule has 0 spiro atoms. The molecule has 6 nitrogen and oxygen atoms in total. The van der Waals surface area contributed by atoms with Gasteiger partial charge >= 0.3 is 0 Å². The number of piperidine rings is 1. The van der Waals surface area contributed by atoms with E-state index in [0.29, 0.717) is 6.54 Å². The Morgan fingerprint density at radius 3 is 2.63 bits per heavy atom. The van der Waals surface area contributed by atoms with Crippen molar-refractivity contribution >= 4 is 22.9 Å². The van der Waals surface area contributed by atoms with Gasteiger partial charge in [-0.15, -0.1) is 11.3 Å². The van der Waals surface area contributed by atoms with E-state index in [0.717, 1.165) is 37.2 Å². The first-order chi connectivity index (χ1) is 14.6. The smallest absolute Gasteiger partial charge is 0.269 e.